The summed E-state index contributed by atoms with van der Waals surface area (Å²) in [5.41, 5.74) is 2.24. The highest BCUT2D eigenvalue weighted by atomic mass is 19.1. The topological polar surface area (TPSA) is 32.8 Å². The van der Waals surface area contributed by atoms with Crippen LogP contribution in [0.2, 0.25) is 0 Å². The number of nitrogens with zero attached hydrogens (tertiary/aromatic N) is 2. The molecule has 0 bridgehead atoms. The standard InChI is InChI=1S/C25H24F2N2O2/c26-22-9-11-23(12-10-22)31-18-19-5-7-20(8-6-19)25(30)29-15-13-28(14-16-29)17-21-3-1-2-4-24(21)27/h1-12H,13-18H2. The molecule has 160 valence electrons. The Balaban J connectivity index is 1.27. The number of benzene rings is 3. The van der Waals surface area contributed by atoms with Gasteiger partial charge in [-0.2, -0.15) is 0 Å². The Morgan fingerprint density at radius 1 is 0.839 bits per heavy atom. The number of ether oxygens (including phenoxy) is 1. The Labute approximate surface area is 180 Å². The number of carbonyl (C=O) groups is 1. The maximum Gasteiger partial charge on any atom is 0.253 e. The molecule has 0 radical (unpaired) electrons. The Bertz CT molecular complexity index is 1010. The first-order chi connectivity index (χ1) is 15.1. The molecule has 1 saturated heterocycles. The molecule has 0 atom stereocenters. The van der Waals surface area contributed by atoms with E-state index in [0.717, 1.165) is 5.56 Å². The number of rotatable bonds is 6. The van der Waals surface area contributed by atoms with Gasteiger partial charge in [0.25, 0.3) is 5.91 Å². The van der Waals surface area contributed by atoms with E-state index in [2.05, 4.69) is 4.90 Å². The number of piperazine rings is 1. The number of hydrogen-bond acceptors (Lipinski definition) is 3. The maximum atomic E-state index is 13.9. The van der Waals surface area contributed by atoms with Crippen LogP contribution in [0.3, 0.4) is 0 Å². The van der Waals surface area contributed by atoms with E-state index in [-0.39, 0.29) is 17.5 Å². The van der Waals surface area contributed by atoms with E-state index >= 15 is 0 Å². The molecule has 3 aromatic carbocycles. The minimum atomic E-state index is -0.303. The highest BCUT2D eigenvalue weighted by Gasteiger charge is 2.22. The molecule has 0 aliphatic carbocycles. The minimum Gasteiger partial charge on any atom is -0.489 e. The van der Waals surface area contributed by atoms with Gasteiger partial charge in [0.05, 0.1) is 0 Å². The van der Waals surface area contributed by atoms with Crippen molar-refractivity contribution in [2.24, 2.45) is 0 Å². The van der Waals surface area contributed by atoms with Gasteiger partial charge < -0.3 is 9.64 Å². The molecule has 4 rings (SSSR count). The molecule has 1 aliphatic heterocycles. The Morgan fingerprint density at radius 3 is 2.19 bits per heavy atom. The van der Waals surface area contributed by atoms with Crippen molar-refractivity contribution in [2.75, 3.05) is 26.2 Å². The molecular weight excluding hydrogens is 398 g/mol. The Hall–Kier alpha value is -3.25. The fourth-order valence-electron chi connectivity index (χ4n) is 3.60. The van der Waals surface area contributed by atoms with Crippen LogP contribution in [0.15, 0.2) is 72.8 Å². The van der Waals surface area contributed by atoms with Crippen LogP contribution in [0.1, 0.15) is 21.5 Å². The quantitative estimate of drug-likeness (QED) is 0.586. The normalized spacial score (nSPS) is 14.5. The van der Waals surface area contributed by atoms with Crippen molar-refractivity contribution >= 4 is 5.91 Å². The summed E-state index contributed by atoms with van der Waals surface area (Å²) in [5, 5.41) is 0. The average molecular weight is 422 g/mol. The molecule has 31 heavy (non-hydrogen) atoms. The summed E-state index contributed by atoms with van der Waals surface area (Å²) in [4.78, 5) is 16.8. The highest BCUT2D eigenvalue weighted by molar-refractivity contribution is 5.94. The van der Waals surface area contributed by atoms with Gasteiger partial charge in [0.1, 0.15) is 24.0 Å². The average Bonchev–Trinajstić information content (AvgIpc) is 2.81. The third kappa shape index (κ3) is 5.47. The zero-order chi connectivity index (χ0) is 21.6. The number of halogens is 2. The van der Waals surface area contributed by atoms with Crippen molar-refractivity contribution in [1.29, 1.82) is 0 Å². The minimum absolute atomic E-state index is 0.00320. The molecule has 1 amide bonds. The van der Waals surface area contributed by atoms with Crippen LogP contribution >= 0.6 is 0 Å². The van der Waals surface area contributed by atoms with Gasteiger partial charge >= 0.3 is 0 Å². The van der Waals surface area contributed by atoms with Crippen LogP contribution in [-0.4, -0.2) is 41.9 Å². The smallest absolute Gasteiger partial charge is 0.253 e. The molecule has 1 heterocycles. The number of hydrogen-bond donors (Lipinski definition) is 0. The van der Waals surface area contributed by atoms with Crippen LogP contribution in [0, 0.1) is 11.6 Å². The van der Waals surface area contributed by atoms with Gasteiger partial charge in [-0.15, -0.1) is 0 Å². The van der Waals surface area contributed by atoms with E-state index in [0.29, 0.717) is 56.2 Å². The van der Waals surface area contributed by atoms with E-state index in [1.165, 1.54) is 18.2 Å². The summed E-state index contributed by atoms with van der Waals surface area (Å²) < 4.78 is 32.4. The Morgan fingerprint density at radius 2 is 1.52 bits per heavy atom. The van der Waals surface area contributed by atoms with Crippen LogP contribution in [0.5, 0.6) is 5.75 Å². The third-order valence-corrected chi connectivity index (χ3v) is 5.43. The van der Waals surface area contributed by atoms with E-state index in [4.69, 9.17) is 4.74 Å². The lowest BCUT2D eigenvalue weighted by atomic mass is 10.1. The lowest BCUT2D eigenvalue weighted by molar-refractivity contribution is 0.0627. The molecular formula is C25H24F2N2O2. The summed E-state index contributed by atoms with van der Waals surface area (Å²) in [6, 6.07) is 20.0. The van der Waals surface area contributed by atoms with E-state index < -0.39 is 0 Å². The van der Waals surface area contributed by atoms with Crippen molar-refractivity contribution < 1.29 is 18.3 Å². The van der Waals surface area contributed by atoms with Crippen molar-refractivity contribution in [3.05, 3.63) is 101 Å². The second-order valence-corrected chi connectivity index (χ2v) is 7.60. The molecule has 3 aromatic rings. The molecule has 6 heteroatoms. The zero-order valence-electron chi connectivity index (χ0n) is 17.1. The first-order valence-electron chi connectivity index (χ1n) is 10.3. The summed E-state index contributed by atoms with van der Waals surface area (Å²) in [5.74, 6) is 0.0964. The van der Waals surface area contributed by atoms with Crippen LogP contribution in [-0.2, 0) is 13.2 Å². The summed E-state index contributed by atoms with van der Waals surface area (Å²) in [6.45, 7) is 3.55. The van der Waals surface area contributed by atoms with Gasteiger partial charge in [-0.3, -0.25) is 9.69 Å². The van der Waals surface area contributed by atoms with Gasteiger partial charge in [0, 0.05) is 43.9 Å². The molecule has 0 saturated carbocycles. The van der Waals surface area contributed by atoms with Crippen molar-refractivity contribution in [3.8, 4) is 5.75 Å². The van der Waals surface area contributed by atoms with Gasteiger partial charge in [0.15, 0.2) is 0 Å². The van der Waals surface area contributed by atoms with Gasteiger partial charge in [0.2, 0.25) is 0 Å². The molecule has 4 nitrogen and oxygen atoms in total. The predicted octanol–water partition coefficient (Wildman–Crippen LogP) is 4.50. The predicted molar refractivity (Wildman–Crippen MR) is 115 cm³/mol. The lowest BCUT2D eigenvalue weighted by Crippen LogP contribution is -2.48. The zero-order valence-corrected chi connectivity index (χ0v) is 17.1. The van der Waals surface area contributed by atoms with Crippen LogP contribution in [0.25, 0.3) is 0 Å². The highest BCUT2D eigenvalue weighted by Crippen LogP contribution is 2.16. The molecule has 1 aliphatic rings. The SMILES string of the molecule is O=C(c1ccc(COc2ccc(F)cc2)cc1)N1CCN(Cc2ccccc2F)CC1. The lowest BCUT2D eigenvalue weighted by Gasteiger charge is -2.34. The number of amides is 1. The fourth-order valence-corrected chi connectivity index (χ4v) is 3.60. The summed E-state index contributed by atoms with van der Waals surface area (Å²) in [6.07, 6.45) is 0. The summed E-state index contributed by atoms with van der Waals surface area (Å²) >= 11 is 0. The molecule has 0 spiro atoms. The molecule has 1 fully saturated rings. The maximum absolute atomic E-state index is 13.9. The van der Waals surface area contributed by atoms with Crippen LogP contribution in [0.4, 0.5) is 8.78 Å². The fraction of sp³-hybridized carbons (Fsp3) is 0.240. The van der Waals surface area contributed by atoms with E-state index in [1.807, 2.05) is 23.1 Å². The largest absolute Gasteiger partial charge is 0.489 e. The molecule has 0 aromatic heterocycles. The monoisotopic (exact) mass is 422 g/mol. The first kappa shape index (κ1) is 21.0. The summed E-state index contributed by atoms with van der Waals surface area (Å²) in [7, 11) is 0. The van der Waals surface area contributed by atoms with Crippen LogP contribution < -0.4 is 4.74 Å². The molecule has 0 N–H and O–H groups in total. The number of carbonyl (C=O) groups excluding carboxylic acids is 1. The second-order valence-electron chi connectivity index (χ2n) is 7.60. The van der Waals surface area contributed by atoms with E-state index in [1.54, 1.807) is 36.4 Å². The van der Waals surface area contributed by atoms with Gasteiger partial charge in [-0.05, 0) is 48.0 Å². The van der Waals surface area contributed by atoms with Gasteiger partial charge in [-0.1, -0.05) is 30.3 Å². The Kier molecular flexibility index (Phi) is 6.57. The third-order valence-electron chi connectivity index (χ3n) is 5.43. The van der Waals surface area contributed by atoms with Crippen molar-refractivity contribution in [3.63, 3.8) is 0 Å². The molecule has 0 unspecified atom stereocenters. The van der Waals surface area contributed by atoms with Crippen molar-refractivity contribution in [1.82, 2.24) is 9.80 Å². The van der Waals surface area contributed by atoms with Crippen molar-refractivity contribution in [2.45, 2.75) is 13.2 Å². The van der Waals surface area contributed by atoms with Gasteiger partial charge in [-0.25, -0.2) is 8.78 Å². The second kappa shape index (κ2) is 9.71. The first-order valence-corrected chi connectivity index (χ1v) is 10.3. The van der Waals surface area contributed by atoms with E-state index in [9.17, 15) is 13.6 Å².